The molecule has 3 N–H and O–H groups in total. The molecule has 1 heterocycles. The van der Waals surface area contributed by atoms with Crippen molar-refractivity contribution in [2.75, 3.05) is 0 Å². The van der Waals surface area contributed by atoms with E-state index in [1.807, 2.05) is 61.7 Å². The Hall–Kier alpha value is -1.65. The van der Waals surface area contributed by atoms with Gasteiger partial charge >= 0.3 is 0 Å². The highest BCUT2D eigenvalue weighted by atomic mass is 32.1. The number of thiophene rings is 1. The maximum Gasteiger partial charge on any atom is 0.237 e. The largest absolute Gasteiger partial charge is 0.343 e. The van der Waals surface area contributed by atoms with Crippen LogP contribution in [0.5, 0.6) is 0 Å². The summed E-state index contributed by atoms with van der Waals surface area (Å²) in [5.41, 5.74) is 7.00. The number of carbonyl (C=O) groups excluding carboxylic acids is 1. The molecule has 1 aromatic heterocycles. The molecule has 0 aliphatic carbocycles. The number of nitrogens with one attached hydrogen (secondary N) is 1. The van der Waals surface area contributed by atoms with Gasteiger partial charge in [-0.05, 0) is 22.9 Å². The summed E-state index contributed by atoms with van der Waals surface area (Å²) < 4.78 is 0. The third-order valence-corrected chi connectivity index (χ3v) is 4.21. The van der Waals surface area contributed by atoms with Crippen molar-refractivity contribution in [3.63, 3.8) is 0 Å². The molecular formula is C16H20N2OS. The molecule has 4 heteroatoms. The van der Waals surface area contributed by atoms with E-state index in [0.29, 0.717) is 0 Å². The molecule has 0 aliphatic heterocycles. The van der Waals surface area contributed by atoms with Gasteiger partial charge < -0.3 is 11.1 Å². The van der Waals surface area contributed by atoms with Gasteiger partial charge in [-0.25, -0.2) is 0 Å². The standard InChI is InChI=1S/C16H20N2OS/c1-11(2)14(17)16(19)18-15(13-9-6-10-20-13)12-7-4-3-5-8-12/h3-11,14-15H,17H2,1-2H3,(H,18,19). The minimum absolute atomic E-state index is 0.109. The lowest BCUT2D eigenvalue weighted by atomic mass is 10.0. The summed E-state index contributed by atoms with van der Waals surface area (Å²) in [5.74, 6) is 0.0111. The van der Waals surface area contributed by atoms with Crippen LogP contribution in [0.15, 0.2) is 47.8 Å². The molecule has 0 radical (unpaired) electrons. The van der Waals surface area contributed by atoms with E-state index in [1.165, 1.54) is 0 Å². The first-order chi connectivity index (χ1) is 9.59. The molecule has 2 aromatic rings. The van der Waals surface area contributed by atoms with Crippen LogP contribution in [0.3, 0.4) is 0 Å². The zero-order chi connectivity index (χ0) is 14.5. The maximum atomic E-state index is 12.2. The summed E-state index contributed by atoms with van der Waals surface area (Å²) in [7, 11) is 0. The lowest BCUT2D eigenvalue weighted by molar-refractivity contribution is -0.123. The second-order valence-electron chi connectivity index (χ2n) is 5.14. The maximum absolute atomic E-state index is 12.2. The van der Waals surface area contributed by atoms with Crippen molar-refractivity contribution >= 4 is 17.2 Å². The van der Waals surface area contributed by atoms with Crippen molar-refractivity contribution in [1.29, 1.82) is 0 Å². The molecule has 0 saturated carbocycles. The number of rotatable bonds is 5. The third-order valence-electron chi connectivity index (χ3n) is 3.27. The average molecular weight is 288 g/mol. The fourth-order valence-electron chi connectivity index (χ4n) is 1.96. The lowest BCUT2D eigenvalue weighted by Gasteiger charge is -2.22. The minimum atomic E-state index is -0.485. The number of benzene rings is 1. The summed E-state index contributed by atoms with van der Waals surface area (Å²) in [6.45, 7) is 3.90. The SMILES string of the molecule is CC(C)C(N)C(=O)NC(c1ccccc1)c1cccs1. The topological polar surface area (TPSA) is 55.1 Å². The molecule has 20 heavy (non-hydrogen) atoms. The predicted molar refractivity (Wildman–Crippen MR) is 83.6 cm³/mol. The molecular weight excluding hydrogens is 268 g/mol. The zero-order valence-corrected chi connectivity index (χ0v) is 12.6. The summed E-state index contributed by atoms with van der Waals surface area (Å²) in [6, 6.07) is 13.4. The second kappa shape index (κ2) is 6.68. The van der Waals surface area contributed by atoms with Crippen LogP contribution in [0.4, 0.5) is 0 Å². The van der Waals surface area contributed by atoms with E-state index in [-0.39, 0.29) is 17.9 Å². The van der Waals surface area contributed by atoms with Crippen LogP contribution in [0.25, 0.3) is 0 Å². The summed E-state index contributed by atoms with van der Waals surface area (Å²) in [6.07, 6.45) is 0. The minimum Gasteiger partial charge on any atom is -0.343 e. The molecule has 3 nitrogen and oxygen atoms in total. The molecule has 2 unspecified atom stereocenters. The Labute approximate surface area is 123 Å². The molecule has 106 valence electrons. The zero-order valence-electron chi connectivity index (χ0n) is 11.7. The van der Waals surface area contributed by atoms with Crippen LogP contribution in [0.2, 0.25) is 0 Å². The second-order valence-corrected chi connectivity index (χ2v) is 6.12. The summed E-state index contributed by atoms with van der Waals surface area (Å²) >= 11 is 1.63. The normalized spacial score (nSPS) is 14.0. The first-order valence-electron chi connectivity index (χ1n) is 6.74. The molecule has 1 aromatic carbocycles. The smallest absolute Gasteiger partial charge is 0.237 e. The Balaban J connectivity index is 2.23. The van der Waals surface area contributed by atoms with Gasteiger partial charge in [-0.1, -0.05) is 50.2 Å². The van der Waals surface area contributed by atoms with Crippen LogP contribution < -0.4 is 11.1 Å². The fraction of sp³-hybridized carbons (Fsp3) is 0.312. The van der Waals surface area contributed by atoms with Crippen LogP contribution >= 0.6 is 11.3 Å². The number of hydrogen-bond donors (Lipinski definition) is 2. The van der Waals surface area contributed by atoms with Crippen molar-refractivity contribution < 1.29 is 4.79 Å². The van der Waals surface area contributed by atoms with E-state index in [9.17, 15) is 4.79 Å². The molecule has 0 spiro atoms. The Morgan fingerprint density at radius 2 is 1.85 bits per heavy atom. The summed E-state index contributed by atoms with van der Waals surface area (Å²) in [5, 5.41) is 5.08. The quantitative estimate of drug-likeness (QED) is 0.888. The molecule has 2 atom stereocenters. The molecule has 2 rings (SSSR count). The van der Waals surface area contributed by atoms with Gasteiger partial charge in [-0.2, -0.15) is 0 Å². The molecule has 0 fully saturated rings. The van der Waals surface area contributed by atoms with Gasteiger partial charge in [0.25, 0.3) is 0 Å². The average Bonchev–Trinajstić information content (AvgIpc) is 2.98. The van der Waals surface area contributed by atoms with E-state index in [4.69, 9.17) is 5.73 Å². The fourth-order valence-corrected chi connectivity index (χ4v) is 2.76. The van der Waals surface area contributed by atoms with Crippen LogP contribution in [-0.2, 0) is 4.79 Å². The summed E-state index contributed by atoms with van der Waals surface area (Å²) in [4.78, 5) is 13.3. The highest BCUT2D eigenvalue weighted by molar-refractivity contribution is 7.10. The van der Waals surface area contributed by atoms with E-state index in [2.05, 4.69) is 5.32 Å². The van der Waals surface area contributed by atoms with Crippen molar-refractivity contribution in [1.82, 2.24) is 5.32 Å². The predicted octanol–water partition coefficient (Wildman–Crippen LogP) is 2.94. The van der Waals surface area contributed by atoms with Gasteiger partial charge in [-0.15, -0.1) is 11.3 Å². The van der Waals surface area contributed by atoms with Gasteiger partial charge in [0.1, 0.15) is 0 Å². The molecule has 0 bridgehead atoms. The highest BCUT2D eigenvalue weighted by Gasteiger charge is 2.23. The molecule has 0 aliphatic rings. The van der Waals surface area contributed by atoms with Crippen molar-refractivity contribution in [2.45, 2.75) is 25.9 Å². The Morgan fingerprint density at radius 3 is 2.40 bits per heavy atom. The molecule has 1 amide bonds. The van der Waals surface area contributed by atoms with Crippen LogP contribution in [0, 0.1) is 5.92 Å². The number of carbonyl (C=O) groups is 1. The van der Waals surface area contributed by atoms with Crippen molar-refractivity contribution in [3.05, 3.63) is 58.3 Å². The van der Waals surface area contributed by atoms with Crippen LogP contribution in [-0.4, -0.2) is 11.9 Å². The monoisotopic (exact) mass is 288 g/mol. The van der Waals surface area contributed by atoms with Gasteiger partial charge in [0.05, 0.1) is 12.1 Å². The number of hydrogen-bond acceptors (Lipinski definition) is 3. The number of nitrogens with two attached hydrogens (primary N) is 1. The van der Waals surface area contributed by atoms with E-state index in [1.54, 1.807) is 11.3 Å². The van der Waals surface area contributed by atoms with Crippen molar-refractivity contribution in [2.24, 2.45) is 11.7 Å². The highest BCUT2D eigenvalue weighted by Crippen LogP contribution is 2.26. The lowest BCUT2D eigenvalue weighted by Crippen LogP contribution is -2.45. The van der Waals surface area contributed by atoms with Crippen LogP contribution in [0.1, 0.15) is 30.3 Å². The Morgan fingerprint density at radius 1 is 1.15 bits per heavy atom. The van der Waals surface area contributed by atoms with E-state index in [0.717, 1.165) is 10.4 Å². The first-order valence-corrected chi connectivity index (χ1v) is 7.62. The first kappa shape index (κ1) is 14.8. The third kappa shape index (κ3) is 3.46. The van der Waals surface area contributed by atoms with E-state index >= 15 is 0 Å². The Bertz CT molecular complexity index is 537. The van der Waals surface area contributed by atoms with Gasteiger partial charge in [0.2, 0.25) is 5.91 Å². The van der Waals surface area contributed by atoms with Gasteiger partial charge in [-0.3, -0.25) is 4.79 Å². The van der Waals surface area contributed by atoms with Crippen molar-refractivity contribution in [3.8, 4) is 0 Å². The van der Waals surface area contributed by atoms with E-state index < -0.39 is 6.04 Å². The number of amides is 1. The Kier molecular flexibility index (Phi) is 4.93. The van der Waals surface area contributed by atoms with Gasteiger partial charge in [0, 0.05) is 4.88 Å². The molecule has 0 saturated heterocycles. The van der Waals surface area contributed by atoms with Gasteiger partial charge in [0.15, 0.2) is 0 Å².